The molecule has 0 bridgehead atoms. The van der Waals surface area contributed by atoms with Gasteiger partial charge in [-0.25, -0.2) is 10.3 Å². The van der Waals surface area contributed by atoms with Crippen molar-refractivity contribution in [2.75, 3.05) is 6.54 Å². The molecule has 0 spiro atoms. The number of amides is 1. The van der Waals surface area contributed by atoms with Crippen molar-refractivity contribution in [3.63, 3.8) is 0 Å². The van der Waals surface area contributed by atoms with Crippen LogP contribution >= 0.6 is 0 Å². The van der Waals surface area contributed by atoms with Crippen molar-refractivity contribution in [3.8, 4) is 0 Å². The molecule has 2 unspecified atom stereocenters. The van der Waals surface area contributed by atoms with Crippen LogP contribution in [-0.2, 0) is 16.0 Å². The Balaban J connectivity index is 1.08. The summed E-state index contributed by atoms with van der Waals surface area (Å²) < 4.78 is 5.32. The monoisotopic (exact) mass is 488 g/mol. The molecule has 5 aliphatic rings. The van der Waals surface area contributed by atoms with Gasteiger partial charge in [0.25, 0.3) is 0 Å². The van der Waals surface area contributed by atoms with E-state index in [1.165, 1.54) is 0 Å². The van der Waals surface area contributed by atoms with Gasteiger partial charge in [-0.3, -0.25) is 25.0 Å². The number of cyclic esters (lactones) is 1. The highest BCUT2D eigenvalue weighted by Gasteiger charge is 2.29. The van der Waals surface area contributed by atoms with E-state index in [-0.39, 0.29) is 30.1 Å². The number of hydrazone groups is 1. The third-order valence-electron chi connectivity index (χ3n) is 6.99. The Morgan fingerprint density at radius 1 is 1.22 bits per heavy atom. The molecule has 36 heavy (non-hydrogen) atoms. The normalized spacial score (nSPS) is 26.6. The molecule has 5 aliphatic heterocycles. The lowest BCUT2D eigenvalue weighted by atomic mass is 9.94. The van der Waals surface area contributed by atoms with Crippen LogP contribution < -0.4 is 16.4 Å². The van der Waals surface area contributed by atoms with Gasteiger partial charge in [-0.2, -0.15) is 5.10 Å². The number of fused-ring (bicyclic) bond motifs is 2. The number of hydrazine groups is 2. The van der Waals surface area contributed by atoms with Crippen molar-refractivity contribution in [2.45, 2.75) is 44.9 Å². The number of aliphatic imine (C=N–C) groups is 1. The van der Waals surface area contributed by atoms with E-state index >= 15 is 0 Å². The number of hydrogen-bond donors (Lipinski definition) is 3. The van der Waals surface area contributed by atoms with Crippen LogP contribution in [0.2, 0.25) is 0 Å². The van der Waals surface area contributed by atoms with Crippen LogP contribution in [0.3, 0.4) is 0 Å². The van der Waals surface area contributed by atoms with Gasteiger partial charge >= 0.3 is 5.97 Å². The first-order valence-electron chi connectivity index (χ1n) is 12.2. The zero-order valence-corrected chi connectivity index (χ0v) is 19.9. The van der Waals surface area contributed by atoms with Gasteiger partial charge < -0.3 is 9.64 Å². The number of hydrogen-bond acceptors (Lipinski definition) is 10. The summed E-state index contributed by atoms with van der Waals surface area (Å²) in [5, 5.41) is 9.31. The third kappa shape index (κ3) is 4.38. The van der Waals surface area contributed by atoms with Crippen molar-refractivity contribution in [2.24, 2.45) is 16.0 Å². The SMILES string of the molecule is C[C@@H]1Cc2cc(C3=CN4C=CN(C(=O)CC5CCC(N6C=NNN6)NC5)C=C4C=N3)ccc2C(=O)O1. The summed E-state index contributed by atoms with van der Waals surface area (Å²) in [5.74, 6) is 0.0659. The molecule has 1 aromatic carbocycles. The molecule has 3 N–H and O–H groups in total. The maximum atomic E-state index is 13.0. The van der Waals surface area contributed by atoms with E-state index in [4.69, 9.17) is 4.74 Å². The minimum atomic E-state index is -0.274. The van der Waals surface area contributed by atoms with Gasteiger partial charge in [0.1, 0.15) is 12.4 Å². The first-order chi connectivity index (χ1) is 17.5. The Morgan fingerprint density at radius 2 is 2.14 bits per heavy atom. The highest BCUT2D eigenvalue weighted by Crippen LogP contribution is 2.29. The van der Waals surface area contributed by atoms with E-state index in [1.54, 1.807) is 23.7 Å². The van der Waals surface area contributed by atoms with Crippen LogP contribution in [0, 0.1) is 5.92 Å². The summed E-state index contributed by atoms with van der Waals surface area (Å²) in [7, 11) is 0. The van der Waals surface area contributed by atoms with E-state index in [0.29, 0.717) is 18.4 Å². The third-order valence-corrected chi connectivity index (χ3v) is 6.99. The highest BCUT2D eigenvalue weighted by molar-refractivity contribution is 5.94. The summed E-state index contributed by atoms with van der Waals surface area (Å²) in [6, 6.07) is 5.71. The maximum Gasteiger partial charge on any atom is 0.338 e. The first-order valence-corrected chi connectivity index (χ1v) is 12.2. The van der Waals surface area contributed by atoms with E-state index in [1.807, 2.05) is 53.6 Å². The number of piperidine rings is 1. The largest absolute Gasteiger partial charge is 0.459 e. The number of allylic oxidation sites excluding steroid dienone is 1. The van der Waals surface area contributed by atoms with Crippen molar-refractivity contribution in [1.82, 2.24) is 31.2 Å². The Labute approximate surface area is 208 Å². The van der Waals surface area contributed by atoms with Gasteiger partial charge in [0.15, 0.2) is 0 Å². The number of carbonyl (C=O) groups is 2. The van der Waals surface area contributed by atoms with Crippen LogP contribution in [0.4, 0.5) is 0 Å². The van der Waals surface area contributed by atoms with Crippen LogP contribution in [-0.4, -0.2) is 58.1 Å². The van der Waals surface area contributed by atoms with Gasteiger partial charge in [0, 0.05) is 49.7 Å². The molecule has 0 saturated carbocycles. The lowest BCUT2D eigenvalue weighted by molar-refractivity contribution is -0.127. The number of carbonyl (C=O) groups excluding carboxylic acids is 2. The average molecular weight is 489 g/mol. The molecule has 1 saturated heterocycles. The van der Waals surface area contributed by atoms with E-state index < -0.39 is 0 Å². The molecule has 0 radical (unpaired) electrons. The fraction of sp³-hybridized carbons (Fsp3) is 0.360. The summed E-state index contributed by atoms with van der Waals surface area (Å²) >= 11 is 0. The molecule has 3 atom stereocenters. The molecule has 6 rings (SSSR count). The fourth-order valence-corrected chi connectivity index (χ4v) is 5.05. The van der Waals surface area contributed by atoms with Gasteiger partial charge in [0.2, 0.25) is 5.91 Å². The van der Waals surface area contributed by atoms with Gasteiger partial charge in [-0.05, 0) is 43.4 Å². The minimum absolute atomic E-state index is 0.0602. The molecule has 0 aromatic heterocycles. The zero-order chi connectivity index (χ0) is 24.6. The number of ether oxygens (including phenoxy) is 1. The Kier molecular flexibility index (Phi) is 5.78. The van der Waals surface area contributed by atoms with Crippen molar-refractivity contribution >= 4 is 30.1 Å². The summed E-state index contributed by atoms with van der Waals surface area (Å²) in [4.78, 5) is 33.3. The number of rotatable bonds is 4. The Bertz CT molecular complexity index is 1230. The maximum absolute atomic E-state index is 13.0. The lowest BCUT2D eigenvalue weighted by Gasteiger charge is -2.34. The fourth-order valence-electron chi connectivity index (χ4n) is 5.05. The zero-order valence-electron chi connectivity index (χ0n) is 19.9. The molecular weight excluding hydrogens is 460 g/mol. The summed E-state index contributed by atoms with van der Waals surface area (Å²) in [6.07, 6.45) is 14.0. The molecule has 186 valence electrons. The number of esters is 1. The number of benzene rings is 1. The topological polar surface area (TPSA) is 114 Å². The van der Waals surface area contributed by atoms with E-state index in [9.17, 15) is 9.59 Å². The summed E-state index contributed by atoms with van der Waals surface area (Å²) in [5.41, 5.74) is 9.80. The second-order valence-corrected chi connectivity index (χ2v) is 9.57. The number of nitrogens with one attached hydrogen (secondary N) is 3. The molecule has 0 aliphatic carbocycles. The van der Waals surface area contributed by atoms with Crippen LogP contribution in [0.25, 0.3) is 5.70 Å². The van der Waals surface area contributed by atoms with Gasteiger partial charge in [-0.1, -0.05) is 6.07 Å². The summed E-state index contributed by atoms with van der Waals surface area (Å²) in [6.45, 7) is 2.67. The van der Waals surface area contributed by atoms with Crippen molar-refractivity contribution in [3.05, 3.63) is 65.4 Å². The molecule has 1 fully saturated rings. The average Bonchev–Trinajstić information content (AvgIpc) is 3.43. The molecule has 1 amide bonds. The molecule has 1 aromatic rings. The lowest BCUT2D eigenvalue weighted by Crippen LogP contribution is -2.54. The van der Waals surface area contributed by atoms with Gasteiger partial charge in [0.05, 0.1) is 29.3 Å². The Morgan fingerprint density at radius 3 is 2.94 bits per heavy atom. The molecule has 11 heteroatoms. The van der Waals surface area contributed by atoms with Crippen LogP contribution in [0.15, 0.2) is 58.8 Å². The van der Waals surface area contributed by atoms with Gasteiger partial charge in [-0.15, -0.1) is 5.53 Å². The first kappa shape index (κ1) is 22.5. The Hall–Kier alpha value is -3.96. The van der Waals surface area contributed by atoms with Crippen LogP contribution in [0.1, 0.15) is 47.7 Å². The van der Waals surface area contributed by atoms with Crippen molar-refractivity contribution in [1.29, 1.82) is 0 Å². The standard InChI is InChI=1S/C25H28N8O3/c1-16-8-19-10-18(3-4-21(19)25(35)36-16)22-14-31-6-7-32(13-20(31)12-26-22)24(34)9-17-2-5-23(27-11-17)33-15-28-29-30-33/h3-4,6-7,10,12-17,23,27,29-30H,2,5,8-9,11H2,1H3/t16-,17?,23?/m1/s1. The second kappa shape index (κ2) is 9.25. The van der Waals surface area contributed by atoms with E-state index in [0.717, 1.165) is 41.9 Å². The second-order valence-electron chi connectivity index (χ2n) is 9.57. The molecule has 11 nitrogen and oxygen atoms in total. The quantitative estimate of drug-likeness (QED) is 0.548. The molecular formula is C25H28N8O3. The predicted molar refractivity (Wildman–Crippen MR) is 133 cm³/mol. The number of nitrogens with zero attached hydrogens (tertiary/aromatic N) is 5. The van der Waals surface area contributed by atoms with Crippen LogP contribution in [0.5, 0.6) is 0 Å². The van der Waals surface area contributed by atoms with E-state index in [2.05, 4.69) is 26.5 Å². The molecule has 5 heterocycles. The predicted octanol–water partition coefficient (Wildman–Crippen LogP) is 1.61. The smallest absolute Gasteiger partial charge is 0.338 e. The highest BCUT2D eigenvalue weighted by atomic mass is 16.5. The van der Waals surface area contributed by atoms with Crippen molar-refractivity contribution < 1.29 is 14.3 Å². The minimum Gasteiger partial charge on any atom is -0.459 e.